The Hall–Kier alpha value is -1.46. The normalized spacial score (nSPS) is 11.8. The maximum Gasteiger partial charge on any atom is 0.119 e. The smallest absolute Gasteiger partial charge is 0.119 e. The molecule has 0 heterocycles. The van der Waals surface area contributed by atoms with Crippen molar-refractivity contribution < 1.29 is 4.74 Å². The van der Waals surface area contributed by atoms with Crippen molar-refractivity contribution in [3.63, 3.8) is 0 Å². The molecule has 1 aromatic rings. The predicted molar refractivity (Wildman–Crippen MR) is 76.6 cm³/mol. The molecule has 0 spiro atoms. The van der Waals surface area contributed by atoms with Crippen LogP contribution in [0.4, 0.5) is 0 Å². The number of terminal acetylenes is 1. The van der Waals surface area contributed by atoms with Crippen LogP contribution in [0.5, 0.6) is 5.75 Å². The minimum Gasteiger partial charge on any atom is -0.494 e. The first-order valence-electron chi connectivity index (χ1n) is 6.71. The molecule has 0 saturated heterocycles. The second-order valence-corrected chi connectivity index (χ2v) is 4.35. The Morgan fingerprint density at radius 3 is 2.56 bits per heavy atom. The molecule has 0 bridgehead atoms. The molecule has 0 aromatic heterocycles. The van der Waals surface area contributed by atoms with E-state index in [2.05, 4.69) is 37.2 Å². The maximum atomic E-state index is 5.62. The van der Waals surface area contributed by atoms with Gasteiger partial charge in [0.05, 0.1) is 12.6 Å². The van der Waals surface area contributed by atoms with Gasteiger partial charge in [-0.3, -0.25) is 5.32 Å². The average molecular weight is 245 g/mol. The van der Waals surface area contributed by atoms with Crippen LogP contribution in [0.15, 0.2) is 24.3 Å². The Bertz CT molecular complexity index is 364. The van der Waals surface area contributed by atoms with Crippen LogP contribution in [0.25, 0.3) is 0 Å². The van der Waals surface area contributed by atoms with Gasteiger partial charge in [0.2, 0.25) is 0 Å². The summed E-state index contributed by atoms with van der Waals surface area (Å²) in [6.07, 6.45) is 8.62. The number of rotatable bonds is 8. The van der Waals surface area contributed by atoms with E-state index in [0.717, 1.165) is 38.2 Å². The number of benzene rings is 1. The van der Waals surface area contributed by atoms with E-state index >= 15 is 0 Å². The first-order valence-corrected chi connectivity index (χ1v) is 6.71. The van der Waals surface area contributed by atoms with Crippen molar-refractivity contribution >= 4 is 0 Å². The van der Waals surface area contributed by atoms with Crippen LogP contribution >= 0.6 is 0 Å². The Morgan fingerprint density at radius 2 is 2.00 bits per heavy atom. The van der Waals surface area contributed by atoms with Gasteiger partial charge in [0, 0.05) is 6.54 Å². The fourth-order valence-corrected chi connectivity index (χ4v) is 1.60. The number of hydrogen-bond acceptors (Lipinski definition) is 2. The molecule has 0 amide bonds. The molecule has 0 saturated carbocycles. The van der Waals surface area contributed by atoms with Crippen LogP contribution in [0, 0.1) is 12.3 Å². The summed E-state index contributed by atoms with van der Waals surface area (Å²) in [5.41, 5.74) is 1.23. The molecule has 1 atom stereocenters. The molecule has 98 valence electrons. The average Bonchev–Trinajstić information content (AvgIpc) is 2.42. The number of ether oxygens (including phenoxy) is 1. The fraction of sp³-hybridized carbons (Fsp3) is 0.500. The van der Waals surface area contributed by atoms with Crippen LogP contribution in [0.2, 0.25) is 0 Å². The molecule has 0 aliphatic rings. The lowest BCUT2D eigenvalue weighted by Gasteiger charge is -2.11. The molecular weight excluding hydrogens is 222 g/mol. The van der Waals surface area contributed by atoms with Gasteiger partial charge in [-0.15, -0.1) is 6.42 Å². The van der Waals surface area contributed by atoms with Gasteiger partial charge in [0.1, 0.15) is 5.75 Å². The highest BCUT2D eigenvalue weighted by Crippen LogP contribution is 2.12. The number of unbranched alkanes of at least 4 members (excludes halogenated alkanes) is 1. The third kappa shape index (κ3) is 5.25. The summed E-state index contributed by atoms with van der Waals surface area (Å²) in [6.45, 7) is 5.84. The molecule has 1 N–H and O–H groups in total. The Kier molecular flexibility index (Phi) is 6.98. The summed E-state index contributed by atoms with van der Waals surface area (Å²) in [5.74, 6) is 3.67. The second kappa shape index (κ2) is 8.60. The van der Waals surface area contributed by atoms with Gasteiger partial charge in [-0.2, -0.15) is 0 Å². The van der Waals surface area contributed by atoms with E-state index in [1.165, 1.54) is 5.56 Å². The number of nitrogens with one attached hydrogen (secondary N) is 1. The molecule has 1 rings (SSSR count). The molecular formula is C16H23NO. The first kappa shape index (κ1) is 14.6. The van der Waals surface area contributed by atoms with E-state index in [4.69, 9.17) is 11.2 Å². The van der Waals surface area contributed by atoms with E-state index < -0.39 is 0 Å². The zero-order chi connectivity index (χ0) is 13.2. The predicted octanol–water partition coefficient (Wildman–Crippen LogP) is 3.37. The molecule has 2 heteroatoms. The molecule has 2 nitrogen and oxygen atoms in total. The van der Waals surface area contributed by atoms with E-state index in [1.54, 1.807) is 0 Å². The van der Waals surface area contributed by atoms with Crippen molar-refractivity contribution in [2.45, 2.75) is 45.7 Å². The summed E-state index contributed by atoms with van der Waals surface area (Å²) in [4.78, 5) is 0. The molecule has 18 heavy (non-hydrogen) atoms. The van der Waals surface area contributed by atoms with Crippen molar-refractivity contribution in [2.24, 2.45) is 0 Å². The highest BCUT2D eigenvalue weighted by Gasteiger charge is 2.01. The third-order valence-corrected chi connectivity index (χ3v) is 2.85. The van der Waals surface area contributed by atoms with Gasteiger partial charge < -0.3 is 4.74 Å². The van der Waals surface area contributed by atoms with Gasteiger partial charge >= 0.3 is 0 Å². The minimum absolute atomic E-state index is 0.158. The van der Waals surface area contributed by atoms with Gasteiger partial charge in [0.25, 0.3) is 0 Å². The summed E-state index contributed by atoms with van der Waals surface area (Å²) >= 11 is 0. The van der Waals surface area contributed by atoms with Crippen LogP contribution in [0.1, 0.15) is 38.7 Å². The van der Waals surface area contributed by atoms with Crippen molar-refractivity contribution in [3.8, 4) is 18.1 Å². The lowest BCUT2D eigenvalue weighted by Crippen LogP contribution is -2.25. The van der Waals surface area contributed by atoms with Gasteiger partial charge in [-0.25, -0.2) is 0 Å². The standard InChI is InChI=1S/C16H23NO/c1-4-7-12-18-16-10-8-14(9-11-16)13-17-15(5-2)6-3/h2,8-11,15,17H,4,6-7,12-13H2,1,3H3. The third-order valence-electron chi connectivity index (χ3n) is 2.85. The lowest BCUT2D eigenvalue weighted by molar-refractivity contribution is 0.309. The fourth-order valence-electron chi connectivity index (χ4n) is 1.60. The zero-order valence-corrected chi connectivity index (χ0v) is 11.4. The molecule has 0 aliphatic heterocycles. The van der Waals surface area contributed by atoms with Gasteiger partial charge in [-0.1, -0.05) is 38.3 Å². The minimum atomic E-state index is 0.158. The zero-order valence-electron chi connectivity index (χ0n) is 11.4. The summed E-state index contributed by atoms with van der Waals surface area (Å²) < 4.78 is 5.62. The van der Waals surface area contributed by atoms with Gasteiger partial charge in [0.15, 0.2) is 0 Å². The van der Waals surface area contributed by atoms with Gasteiger partial charge in [-0.05, 0) is 30.5 Å². The van der Waals surface area contributed by atoms with Crippen molar-refractivity contribution in [3.05, 3.63) is 29.8 Å². The molecule has 0 radical (unpaired) electrons. The maximum absolute atomic E-state index is 5.62. The van der Waals surface area contributed by atoms with E-state index in [0.29, 0.717) is 0 Å². The monoisotopic (exact) mass is 245 g/mol. The second-order valence-electron chi connectivity index (χ2n) is 4.35. The summed E-state index contributed by atoms with van der Waals surface area (Å²) in [5, 5.41) is 3.33. The molecule has 1 aromatic carbocycles. The summed E-state index contributed by atoms with van der Waals surface area (Å²) in [6, 6.07) is 8.35. The van der Waals surface area contributed by atoms with E-state index in [1.807, 2.05) is 12.1 Å². The van der Waals surface area contributed by atoms with Crippen LogP contribution in [0.3, 0.4) is 0 Å². The Balaban J connectivity index is 2.38. The van der Waals surface area contributed by atoms with Crippen molar-refractivity contribution in [1.29, 1.82) is 0 Å². The highest BCUT2D eigenvalue weighted by atomic mass is 16.5. The molecule has 0 fully saturated rings. The van der Waals surface area contributed by atoms with Crippen molar-refractivity contribution in [1.82, 2.24) is 5.32 Å². The largest absolute Gasteiger partial charge is 0.494 e. The lowest BCUT2D eigenvalue weighted by atomic mass is 10.2. The SMILES string of the molecule is C#CC(CC)NCc1ccc(OCCCC)cc1. The van der Waals surface area contributed by atoms with E-state index in [-0.39, 0.29) is 6.04 Å². The van der Waals surface area contributed by atoms with Crippen LogP contribution in [-0.4, -0.2) is 12.6 Å². The first-order chi connectivity index (χ1) is 8.80. The molecule has 0 aliphatic carbocycles. The van der Waals surface area contributed by atoms with E-state index in [9.17, 15) is 0 Å². The topological polar surface area (TPSA) is 21.3 Å². The van der Waals surface area contributed by atoms with Crippen LogP contribution < -0.4 is 10.1 Å². The Labute approximate surface area is 111 Å². The molecule has 1 unspecified atom stereocenters. The highest BCUT2D eigenvalue weighted by molar-refractivity contribution is 5.27. The van der Waals surface area contributed by atoms with Crippen LogP contribution in [-0.2, 0) is 6.54 Å². The Morgan fingerprint density at radius 1 is 1.28 bits per heavy atom. The quantitative estimate of drug-likeness (QED) is 0.560. The summed E-state index contributed by atoms with van der Waals surface area (Å²) in [7, 11) is 0. The van der Waals surface area contributed by atoms with Crippen molar-refractivity contribution in [2.75, 3.05) is 6.61 Å². The number of hydrogen-bond donors (Lipinski definition) is 1.